The normalized spacial score (nSPS) is 16.2. The monoisotopic (exact) mass is 378 g/mol. The number of carbonyl (C=O) groups excluding carboxylic acids is 1. The first-order chi connectivity index (χ1) is 13.7. The molecule has 1 fully saturated rings. The van der Waals surface area contributed by atoms with Crippen LogP contribution >= 0.6 is 0 Å². The number of hydrogen-bond donors (Lipinski definition) is 1. The molecule has 0 saturated carbocycles. The molecule has 6 nitrogen and oxygen atoms in total. The van der Waals surface area contributed by atoms with E-state index >= 15 is 0 Å². The number of benzene rings is 2. The Bertz CT molecular complexity index is 1040. The van der Waals surface area contributed by atoms with Crippen LogP contribution in [0.2, 0.25) is 0 Å². The van der Waals surface area contributed by atoms with Crippen molar-refractivity contribution < 1.29 is 14.3 Å². The molecule has 0 radical (unpaired) electrons. The topological polar surface area (TPSA) is 71.6 Å². The van der Waals surface area contributed by atoms with E-state index < -0.39 is 6.10 Å². The molecule has 0 bridgehead atoms. The van der Waals surface area contributed by atoms with Gasteiger partial charge < -0.3 is 19.4 Å². The molecule has 2 heterocycles. The second kappa shape index (κ2) is 7.86. The molecule has 6 heteroatoms. The number of carbonyl (C=O) groups is 1. The quantitative estimate of drug-likeness (QED) is 0.740. The third kappa shape index (κ3) is 3.64. The number of hydrogen-bond acceptors (Lipinski definition) is 4. The van der Waals surface area contributed by atoms with Gasteiger partial charge in [-0.15, -0.1) is 0 Å². The molecule has 1 aliphatic heterocycles. The zero-order chi connectivity index (χ0) is 19.5. The summed E-state index contributed by atoms with van der Waals surface area (Å²) in [5.74, 6) is 0.592. The SMILES string of the molecule is COc1ccc2[nH]c(=O)c(CN(C(=O)[C@@H]3CCCO3)c3ccccc3)cc2c1. The second-order valence-electron chi connectivity index (χ2n) is 6.84. The van der Waals surface area contributed by atoms with Crippen molar-refractivity contribution in [1.29, 1.82) is 0 Å². The fourth-order valence-electron chi connectivity index (χ4n) is 3.50. The lowest BCUT2D eigenvalue weighted by Gasteiger charge is -2.25. The fraction of sp³-hybridized carbons (Fsp3) is 0.273. The third-order valence-electron chi connectivity index (χ3n) is 5.00. The van der Waals surface area contributed by atoms with Crippen molar-refractivity contribution >= 4 is 22.5 Å². The smallest absolute Gasteiger partial charge is 0.256 e. The molecule has 4 rings (SSSR count). The Morgan fingerprint density at radius 2 is 2.04 bits per heavy atom. The van der Waals surface area contributed by atoms with E-state index in [0.717, 1.165) is 23.0 Å². The lowest BCUT2D eigenvalue weighted by atomic mass is 10.1. The van der Waals surface area contributed by atoms with Gasteiger partial charge in [0.15, 0.2) is 0 Å². The molecule has 3 aromatic rings. The van der Waals surface area contributed by atoms with Crippen LogP contribution in [0.3, 0.4) is 0 Å². The minimum Gasteiger partial charge on any atom is -0.497 e. The van der Waals surface area contributed by atoms with E-state index in [4.69, 9.17) is 9.47 Å². The van der Waals surface area contributed by atoms with Crippen molar-refractivity contribution in [1.82, 2.24) is 4.98 Å². The number of fused-ring (bicyclic) bond motifs is 1. The van der Waals surface area contributed by atoms with Gasteiger partial charge in [0, 0.05) is 28.8 Å². The standard InChI is InChI=1S/C22H22N2O4/c1-27-18-9-10-19-15(13-18)12-16(21(25)23-19)14-24(17-6-3-2-4-7-17)22(26)20-8-5-11-28-20/h2-4,6-7,9-10,12-13,20H,5,8,11,14H2,1H3,(H,23,25)/t20-/m0/s1. The minimum absolute atomic E-state index is 0.117. The Morgan fingerprint density at radius 3 is 2.75 bits per heavy atom. The van der Waals surface area contributed by atoms with Gasteiger partial charge in [-0.05, 0) is 49.2 Å². The maximum Gasteiger partial charge on any atom is 0.256 e. The third-order valence-corrected chi connectivity index (χ3v) is 5.00. The van der Waals surface area contributed by atoms with Crippen molar-refractivity contribution in [2.24, 2.45) is 0 Å². The van der Waals surface area contributed by atoms with Gasteiger partial charge in [0.05, 0.1) is 13.7 Å². The van der Waals surface area contributed by atoms with E-state index in [9.17, 15) is 9.59 Å². The van der Waals surface area contributed by atoms with Gasteiger partial charge >= 0.3 is 0 Å². The highest BCUT2D eigenvalue weighted by Crippen LogP contribution is 2.23. The summed E-state index contributed by atoms with van der Waals surface area (Å²) >= 11 is 0. The van der Waals surface area contributed by atoms with Crippen LogP contribution < -0.4 is 15.2 Å². The number of rotatable bonds is 5. The van der Waals surface area contributed by atoms with E-state index in [1.54, 1.807) is 18.1 Å². The van der Waals surface area contributed by atoms with E-state index in [0.29, 0.717) is 24.3 Å². The van der Waals surface area contributed by atoms with Gasteiger partial charge in [0.2, 0.25) is 0 Å². The first kappa shape index (κ1) is 18.3. The van der Waals surface area contributed by atoms with Crippen LogP contribution in [-0.4, -0.2) is 30.7 Å². The number of anilines is 1. The number of ether oxygens (including phenoxy) is 2. The van der Waals surface area contributed by atoms with Crippen molar-refractivity contribution in [2.45, 2.75) is 25.5 Å². The molecule has 2 aromatic carbocycles. The summed E-state index contributed by atoms with van der Waals surface area (Å²) in [6, 6.07) is 16.7. The van der Waals surface area contributed by atoms with Gasteiger partial charge in [0.1, 0.15) is 11.9 Å². The first-order valence-electron chi connectivity index (χ1n) is 9.33. The molecule has 0 unspecified atom stereocenters. The van der Waals surface area contributed by atoms with Crippen LogP contribution in [-0.2, 0) is 16.1 Å². The van der Waals surface area contributed by atoms with Crippen LogP contribution in [0.25, 0.3) is 10.9 Å². The number of H-pyrrole nitrogens is 1. The average molecular weight is 378 g/mol. The highest BCUT2D eigenvalue weighted by atomic mass is 16.5. The molecule has 1 atom stereocenters. The number of aromatic nitrogens is 1. The maximum absolute atomic E-state index is 13.1. The molecular formula is C22H22N2O4. The molecule has 1 saturated heterocycles. The van der Waals surface area contributed by atoms with Gasteiger partial charge in [-0.25, -0.2) is 0 Å². The average Bonchev–Trinajstić information content (AvgIpc) is 3.27. The second-order valence-corrected chi connectivity index (χ2v) is 6.84. The molecular weight excluding hydrogens is 356 g/mol. The molecule has 0 aliphatic carbocycles. The van der Waals surface area contributed by atoms with Crippen molar-refractivity contribution in [3.63, 3.8) is 0 Å². The van der Waals surface area contributed by atoms with Crippen LogP contribution in [0.5, 0.6) is 5.75 Å². The zero-order valence-electron chi connectivity index (χ0n) is 15.7. The Hall–Kier alpha value is -3.12. The van der Waals surface area contributed by atoms with E-state index in [-0.39, 0.29) is 18.0 Å². The molecule has 144 valence electrons. The van der Waals surface area contributed by atoms with Crippen LogP contribution in [0.4, 0.5) is 5.69 Å². The van der Waals surface area contributed by atoms with Gasteiger partial charge in [-0.2, -0.15) is 0 Å². The largest absolute Gasteiger partial charge is 0.497 e. The Labute approximate surface area is 162 Å². The molecule has 28 heavy (non-hydrogen) atoms. The lowest BCUT2D eigenvalue weighted by molar-refractivity contribution is -0.127. The molecule has 1 N–H and O–H groups in total. The highest BCUT2D eigenvalue weighted by molar-refractivity contribution is 5.96. The molecule has 1 aromatic heterocycles. The van der Waals surface area contributed by atoms with E-state index in [1.165, 1.54) is 0 Å². The van der Waals surface area contributed by atoms with Crippen molar-refractivity contribution in [3.8, 4) is 5.75 Å². The number of amides is 1. The number of nitrogens with one attached hydrogen (secondary N) is 1. The Balaban J connectivity index is 1.72. The van der Waals surface area contributed by atoms with Crippen LogP contribution in [0, 0.1) is 0 Å². The summed E-state index contributed by atoms with van der Waals surface area (Å²) in [6.07, 6.45) is 1.11. The van der Waals surface area contributed by atoms with Crippen LogP contribution in [0.1, 0.15) is 18.4 Å². The van der Waals surface area contributed by atoms with Gasteiger partial charge in [0.25, 0.3) is 11.5 Å². The van der Waals surface area contributed by atoms with E-state index in [1.807, 2.05) is 48.5 Å². The number of aromatic amines is 1. The Morgan fingerprint density at radius 1 is 1.21 bits per heavy atom. The summed E-state index contributed by atoms with van der Waals surface area (Å²) in [6.45, 7) is 0.764. The summed E-state index contributed by atoms with van der Waals surface area (Å²) in [4.78, 5) is 30.3. The molecule has 1 aliphatic rings. The van der Waals surface area contributed by atoms with Crippen molar-refractivity contribution in [2.75, 3.05) is 18.6 Å². The van der Waals surface area contributed by atoms with Crippen LogP contribution in [0.15, 0.2) is 59.4 Å². The summed E-state index contributed by atoms with van der Waals surface area (Å²) < 4.78 is 10.9. The number of nitrogens with zero attached hydrogens (tertiary/aromatic N) is 1. The van der Waals surface area contributed by atoms with Crippen molar-refractivity contribution in [3.05, 3.63) is 70.5 Å². The van der Waals surface area contributed by atoms with E-state index in [2.05, 4.69) is 4.98 Å². The fourth-order valence-corrected chi connectivity index (χ4v) is 3.50. The number of methoxy groups -OCH3 is 1. The number of pyridine rings is 1. The molecule has 1 amide bonds. The lowest BCUT2D eigenvalue weighted by Crippen LogP contribution is -2.39. The predicted octanol–water partition coefficient (Wildman–Crippen LogP) is 3.25. The maximum atomic E-state index is 13.1. The summed E-state index contributed by atoms with van der Waals surface area (Å²) in [5.41, 5.74) is 1.77. The summed E-state index contributed by atoms with van der Waals surface area (Å²) in [7, 11) is 1.60. The molecule has 0 spiro atoms. The zero-order valence-corrected chi connectivity index (χ0v) is 15.7. The first-order valence-corrected chi connectivity index (χ1v) is 9.33. The minimum atomic E-state index is -0.458. The van der Waals surface area contributed by atoms with Gasteiger partial charge in [-0.1, -0.05) is 18.2 Å². The highest BCUT2D eigenvalue weighted by Gasteiger charge is 2.29. The predicted molar refractivity (Wildman–Crippen MR) is 108 cm³/mol. The number of para-hydroxylation sites is 1. The van der Waals surface area contributed by atoms with Gasteiger partial charge in [-0.3, -0.25) is 9.59 Å². The summed E-state index contributed by atoms with van der Waals surface area (Å²) in [5, 5.41) is 0.853. The Kier molecular flexibility index (Phi) is 5.12.